The summed E-state index contributed by atoms with van der Waals surface area (Å²) < 4.78 is 0.771. The van der Waals surface area contributed by atoms with Gasteiger partial charge in [0.25, 0.3) is 5.91 Å². The van der Waals surface area contributed by atoms with E-state index in [0.717, 1.165) is 17.3 Å². The van der Waals surface area contributed by atoms with Crippen LogP contribution in [0.5, 0.6) is 0 Å². The molecule has 1 fully saturated rings. The van der Waals surface area contributed by atoms with Crippen LogP contribution < -0.4 is 0 Å². The number of carboxylic acid groups (broad SMARTS) is 1. The first kappa shape index (κ1) is 15.3. The van der Waals surface area contributed by atoms with Crippen LogP contribution in [0.3, 0.4) is 0 Å². The second kappa shape index (κ2) is 6.14. The Morgan fingerprint density at radius 3 is 2.70 bits per heavy atom. The van der Waals surface area contributed by atoms with Crippen molar-refractivity contribution in [2.75, 3.05) is 6.54 Å². The Hall–Kier alpha value is -1.07. The third-order valence-corrected chi connectivity index (χ3v) is 4.12. The molecule has 0 bridgehead atoms. The summed E-state index contributed by atoms with van der Waals surface area (Å²) >= 11 is 9.39. The number of carbonyl (C=O) groups excluding carboxylic acids is 1. The number of carbonyl (C=O) groups is 2. The summed E-state index contributed by atoms with van der Waals surface area (Å²) in [5, 5.41) is 9.39. The highest BCUT2D eigenvalue weighted by Crippen LogP contribution is 2.31. The van der Waals surface area contributed by atoms with Crippen LogP contribution in [0, 0.1) is 5.92 Å². The molecule has 1 aromatic rings. The van der Waals surface area contributed by atoms with E-state index in [1.54, 1.807) is 30.0 Å². The first-order chi connectivity index (χ1) is 9.40. The number of halogens is 2. The monoisotopic (exact) mass is 359 g/mol. The molecule has 1 unspecified atom stereocenters. The topological polar surface area (TPSA) is 57.6 Å². The van der Waals surface area contributed by atoms with E-state index in [9.17, 15) is 9.59 Å². The highest BCUT2D eigenvalue weighted by molar-refractivity contribution is 9.10. The van der Waals surface area contributed by atoms with Crippen LogP contribution in [0.15, 0.2) is 22.7 Å². The molecule has 108 valence electrons. The average Bonchev–Trinajstić information content (AvgIpc) is 3.22. The zero-order chi connectivity index (χ0) is 14.9. The lowest BCUT2D eigenvalue weighted by Crippen LogP contribution is -2.38. The Morgan fingerprint density at radius 1 is 1.50 bits per heavy atom. The van der Waals surface area contributed by atoms with Crippen LogP contribution in [0.25, 0.3) is 0 Å². The first-order valence-corrected chi connectivity index (χ1v) is 7.56. The lowest BCUT2D eigenvalue weighted by molar-refractivity contribution is -0.141. The number of hydrogen-bond acceptors (Lipinski definition) is 2. The van der Waals surface area contributed by atoms with Crippen molar-refractivity contribution in [3.8, 4) is 0 Å². The molecule has 1 saturated carbocycles. The van der Waals surface area contributed by atoms with Gasteiger partial charge in [0.1, 0.15) is 0 Å². The van der Waals surface area contributed by atoms with E-state index in [0.29, 0.717) is 10.6 Å². The lowest BCUT2D eigenvalue weighted by Gasteiger charge is -2.25. The number of hydrogen-bond donors (Lipinski definition) is 1. The molecule has 1 amide bonds. The summed E-state index contributed by atoms with van der Waals surface area (Å²) in [6.45, 7) is 1.81. The van der Waals surface area contributed by atoms with Crippen LogP contribution in [0.2, 0.25) is 5.02 Å². The molecule has 20 heavy (non-hydrogen) atoms. The van der Waals surface area contributed by atoms with Crippen LogP contribution in [0.4, 0.5) is 0 Å². The second-order valence-corrected chi connectivity index (χ2v) is 6.38. The van der Waals surface area contributed by atoms with Crippen LogP contribution in [-0.2, 0) is 4.79 Å². The summed E-state index contributed by atoms with van der Waals surface area (Å²) in [7, 11) is 0. The zero-order valence-corrected chi connectivity index (χ0v) is 13.3. The van der Waals surface area contributed by atoms with Gasteiger partial charge >= 0.3 is 5.97 Å². The Kier molecular flexibility index (Phi) is 4.70. The normalized spacial score (nSPS) is 15.8. The van der Waals surface area contributed by atoms with Crippen molar-refractivity contribution in [3.05, 3.63) is 33.3 Å². The molecule has 1 aliphatic carbocycles. The molecule has 0 aliphatic heterocycles. The molecule has 1 atom stereocenters. The van der Waals surface area contributed by atoms with Gasteiger partial charge in [0.2, 0.25) is 0 Å². The van der Waals surface area contributed by atoms with Gasteiger partial charge in [-0.05, 0) is 31.0 Å². The van der Waals surface area contributed by atoms with Crippen LogP contribution >= 0.6 is 27.5 Å². The standard InChI is InChI=1S/C14H15BrClNO3/c1-8(14(19)20)7-17(10-3-4-10)13(18)11-6-9(15)2-5-12(11)16/h2,5-6,8,10H,3-4,7H2,1H3,(H,19,20). The summed E-state index contributed by atoms with van der Waals surface area (Å²) in [6, 6.07) is 5.23. The van der Waals surface area contributed by atoms with Crippen molar-refractivity contribution in [2.45, 2.75) is 25.8 Å². The van der Waals surface area contributed by atoms with Gasteiger partial charge in [-0.25, -0.2) is 0 Å². The number of aliphatic carboxylic acids is 1. The van der Waals surface area contributed by atoms with Crippen molar-refractivity contribution in [3.63, 3.8) is 0 Å². The van der Waals surface area contributed by atoms with E-state index < -0.39 is 11.9 Å². The van der Waals surface area contributed by atoms with Crippen molar-refractivity contribution in [2.24, 2.45) is 5.92 Å². The number of nitrogens with zero attached hydrogens (tertiary/aromatic N) is 1. The molecule has 1 N–H and O–H groups in total. The zero-order valence-electron chi connectivity index (χ0n) is 11.0. The van der Waals surface area contributed by atoms with E-state index in [1.807, 2.05) is 0 Å². The van der Waals surface area contributed by atoms with Gasteiger partial charge < -0.3 is 10.0 Å². The van der Waals surface area contributed by atoms with E-state index in [4.69, 9.17) is 16.7 Å². The molecule has 0 saturated heterocycles. The van der Waals surface area contributed by atoms with E-state index in [1.165, 1.54) is 0 Å². The molecular formula is C14H15BrClNO3. The molecule has 2 rings (SSSR count). The van der Waals surface area contributed by atoms with Gasteiger partial charge in [-0.3, -0.25) is 9.59 Å². The quantitative estimate of drug-likeness (QED) is 0.875. The average molecular weight is 361 g/mol. The molecule has 1 aliphatic rings. The predicted octanol–water partition coefficient (Wildman–Crippen LogP) is 3.43. The van der Waals surface area contributed by atoms with Crippen molar-refractivity contribution < 1.29 is 14.7 Å². The second-order valence-electron chi connectivity index (χ2n) is 5.05. The lowest BCUT2D eigenvalue weighted by atomic mass is 10.1. The number of carboxylic acids is 1. The SMILES string of the molecule is CC(CN(C(=O)c1cc(Br)ccc1Cl)C1CC1)C(=O)O. The molecule has 0 heterocycles. The minimum Gasteiger partial charge on any atom is -0.481 e. The molecule has 0 spiro atoms. The highest BCUT2D eigenvalue weighted by Gasteiger charge is 2.35. The van der Waals surface area contributed by atoms with E-state index in [2.05, 4.69) is 15.9 Å². The van der Waals surface area contributed by atoms with Gasteiger partial charge in [-0.1, -0.05) is 34.5 Å². The summed E-state index contributed by atoms with van der Waals surface area (Å²) in [5.74, 6) is -1.69. The minimum absolute atomic E-state index is 0.138. The third kappa shape index (κ3) is 3.52. The highest BCUT2D eigenvalue weighted by atomic mass is 79.9. The minimum atomic E-state index is -0.899. The maximum absolute atomic E-state index is 12.6. The van der Waals surface area contributed by atoms with Gasteiger partial charge in [0.15, 0.2) is 0 Å². The molecular weight excluding hydrogens is 346 g/mol. The van der Waals surface area contributed by atoms with Gasteiger partial charge in [-0.2, -0.15) is 0 Å². The van der Waals surface area contributed by atoms with Crippen molar-refractivity contribution >= 4 is 39.4 Å². The van der Waals surface area contributed by atoms with Gasteiger partial charge in [0.05, 0.1) is 16.5 Å². The number of rotatable bonds is 5. The molecule has 0 aromatic heterocycles. The largest absolute Gasteiger partial charge is 0.481 e. The molecule has 0 radical (unpaired) electrons. The summed E-state index contributed by atoms with van der Waals surface area (Å²) in [4.78, 5) is 25.2. The maximum Gasteiger partial charge on any atom is 0.308 e. The maximum atomic E-state index is 12.6. The summed E-state index contributed by atoms with van der Waals surface area (Å²) in [5.41, 5.74) is 0.408. The Bertz CT molecular complexity index is 545. The summed E-state index contributed by atoms with van der Waals surface area (Å²) in [6.07, 6.45) is 1.84. The van der Waals surface area contributed by atoms with Gasteiger partial charge in [0, 0.05) is 17.1 Å². The van der Waals surface area contributed by atoms with Gasteiger partial charge in [-0.15, -0.1) is 0 Å². The van der Waals surface area contributed by atoms with Crippen molar-refractivity contribution in [1.29, 1.82) is 0 Å². The molecule has 1 aromatic carbocycles. The predicted molar refractivity (Wildman–Crippen MR) is 80.0 cm³/mol. The van der Waals surface area contributed by atoms with Crippen LogP contribution in [0.1, 0.15) is 30.1 Å². The third-order valence-electron chi connectivity index (χ3n) is 3.30. The van der Waals surface area contributed by atoms with Crippen molar-refractivity contribution in [1.82, 2.24) is 4.90 Å². The Balaban J connectivity index is 2.23. The van der Waals surface area contributed by atoms with Crippen LogP contribution in [-0.4, -0.2) is 34.5 Å². The fourth-order valence-electron chi connectivity index (χ4n) is 1.97. The van der Waals surface area contributed by atoms with E-state index in [-0.39, 0.29) is 18.5 Å². The Labute approximate surface area is 130 Å². The number of benzene rings is 1. The first-order valence-electron chi connectivity index (χ1n) is 6.39. The fourth-order valence-corrected chi connectivity index (χ4v) is 2.53. The fraction of sp³-hybridized carbons (Fsp3) is 0.429. The Morgan fingerprint density at radius 2 is 2.15 bits per heavy atom. The molecule has 6 heteroatoms. The smallest absolute Gasteiger partial charge is 0.308 e. The van der Waals surface area contributed by atoms with E-state index >= 15 is 0 Å². The number of amides is 1. The molecule has 4 nitrogen and oxygen atoms in total.